The number of carbonyl (C=O) groups excluding carboxylic acids is 3. The SMILES string of the molecule is CCC[C@H]1OC(=O)[C@H](C)[C@@H](O)[C@H](C)[C@@H](OC2O[C@H](C)CC(N(C)C)C2OC(C)=O)[C@@H](C)C[C@@H](C)C(=O)/C(C)=C/[C@]1(C)O. The molecule has 0 radical (unpaired) electrons. The zero-order chi connectivity index (χ0) is 32.1. The molecule has 1 saturated heterocycles. The molecule has 0 amide bonds. The first-order chi connectivity index (χ1) is 19.4. The Morgan fingerprint density at radius 3 is 2.29 bits per heavy atom. The maximum Gasteiger partial charge on any atom is 0.311 e. The summed E-state index contributed by atoms with van der Waals surface area (Å²) in [4.78, 5) is 40.8. The summed E-state index contributed by atoms with van der Waals surface area (Å²) in [6, 6.07) is -0.165. The summed E-state index contributed by atoms with van der Waals surface area (Å²) in [5.41, 5.74) is -1.17. The van der Waals surface area contributed by atoms with Gasteiger partial charge in [0.25, 0.3) is 0 Å². The summed E-state index contributed by atoms with van der Waals surface area (Å²) in [5.74, 6) is -3.43. The van der Waals surface area contributed by atoms with Gasteiger partial charge in [-0.1, -0.05) is 34.1 Å². The molecule has 0 aromatic carbocycles. The number of carbonyl (C=O) groups is 3. The topological polar surface area (TPSA) is 132 Å². The first-order valence-corrected chi connectivity index (χ1v) is 15.4. The normalized spacial score (nSPS) is 42.3. The fourth-order valence-corrected chi connectivity index (χ4v) is 6.45. The van der Waals surface area contributed by atoms with Crippen molar-refractivity contribution in [3.05, 3.63) is 11.6 Å². The van der Waals surface area contributed by atoms with E-state index in [9.17, 15) is 24.6 Å². The Morgan fingerprint density at radius 1 is 1.12 bits per heavy atom. The average Bonchev–Trinajstić information content (AvgIpc) is 2.89. The zero-order valence-electron chi connectivity index (χ0n) is 27.5. The minimum absolute atomic E-state index is 0.130. The molecule has 2 aliphatic rings. The number of ether oxygens (including phenoxy) is 4. The molecule has 2 aliphatic heterocycles. The van der Waals surface area contributed by atoms with Gasteiger partial charge in [-0.25, -0.2) is 0 Å². The van der Waals surface area contributed by atoms with E-state index in [0.29, 0.717) is 31.3 Å². The van der Waals surface area contributed by atoms with Gasteiger partial charge in [-0.2, -0.15) is 0 Å². The third-order valence-corrected chi connectivity index (χ3v) is 8.88. The van der Waals surface area contributed by atoms with Gasteiger partial charge in [0.05, 0.1) is 30.3 Å². The molecule has 0 aromatic heterocycles. The van der Waals surface area contributed by atoms with E-state index in [4.69, 9.17) is 18.9 Å². The van der Waals surface area contributed by atoms with E-state index in [1.54, 1.807) is 20.8 Å². The molecule has 10 heteroatoms. The number of hydrogen-bond acceptors (Lipinski definition) is 10. The fraction of sp³-hybridized carbons (Fsp3) is 0.844. The molecule has 0 spiro atoms. The second kappa shape index (κ2) is 15.2. The van der Waals surface area contributed by atoms with Crippen molar-refractivity contribution in [1.29, 1.82) is 0 Å². The maximum absolute atomic E-state index is 13.4. The van der Waals surface area contributed by atoms with Gasteiger partial charge in [-0.05, 0) is 78.6 Å². The minimum Gasteiger partial charge on any atom is -0.459 e. The monoisotopic (exact) mass is 597 g/mol. The molecule has 3 unspecified atom stereocenters. The molecule has 2 N–H and O–H groups in total. The van der Waals surface area contributed by atoms with Gasteiger partial charge in [-0.3, -0.25) is 14.4 Å². The molecule has 12 atom stereocenters. The van der Waals surface area contributed by atoms with Crippen LogP contribution in [0.5, 0.6) is 0 Å². The fourth-order valence-electron chi connectivity index (χ4n) is 6.45. The predicted molar refractivity (Wildman–Crippen MR) is 158 cm³/mol. The van der Waals surface area contributed by atoms with Crippen molar-refractivity contribution in [3.63, 3.8) is 0 Å². The van der Waals surface area contributed by atoms with Crippen molar-refractivity contribution in [3.8, 4) is 0 Å². The molecule has 2 heterocycles. The quantitative estimate of drug-likeness (QED) is 0.437. The third-order valence-electron chi connectivity index (χ3n) is 8.88. The number of nitrogens with zero attached hydrogens (tertiary/aromatic N) is 1. The molecule has 0 aliphatic carbocycles. The first-order valence-electron chi connectivity index (χ1n) is 15.4. The van der Waals surface area contributed by atoms with Gasteiger partial charge < -0.3 is 34.1 Å². The van der Waals surface area contributed by atoms with Crippen molar-refractivity contribution in [1.82, 2.24) is 4.90 Å². The van der Waals surface area contributed by atoms with E-state index < -0.39 is 66.0 Å². The molecule has 2 rings (SSSR count). The van der Waals surface area contributed by atoms with Crippen LogP contribution in [0.15, 0.2) is 11.6 Å². The summed E-state index contributed by atoms with van der Waals surface area (Å²) in [6.07, 6.45) is -0.995. The summed E-state index contributed by atoms with van der Waals surface area (Å²) < 4.78 is 24.3. The van der Waals surface area contributed by atoms with Crippen LogP contribution in [0.3, 0.4) is 0 Å². The van der Waals surface area contributed by atoms with Gasteiger partial charge in [0, 0.05) is 18.8 Å². The van der Waals surface area contributed by atoms with E-state index in [2.05, 4.69) is 0 Å². The van der Waals surface area contributed by atoms with E-state index in [-0.39, 0.29) is 23.8 Å². The maximum atomic E-state index is 13.4. The van der Waals surface area contributed by atoms with E-state index >= 15 is 0 Å². The largest absolute Gasteiger partial charge is 0.459 e. The van der Waals surface area contributed by atoms with Crippen molar-refractivity contribution in [2.45, 2.75) is 136 Å². The number of aliphatic hydroxyl groups is 2. The number of esters is 2. The highest BCUT2D eigenvalue weighted by Gasteiger charge is 2.46. The van der Waals surface area contributed by atoms with Crippen molar-refractivity contribution >= 4 is 17.7 Å². The van der Waals surface area contributed by atoms with E-state index in [1.165, 1.54) is 19.9 Å². The van der Waals surface area contributed by atoms with Gasteiger partial charge in [-0.15, -0.1) is 0 Å². The highest BCUT2D eigenvalue weighted by molar-refractivity contribution is 5.96. The number of allylic oxidation sites excluding steroid dienone is 1. The van der Waals surface area contributed by atoms with Gasteiger partial charge in [0.1, 0.15) is 11.7 Å². The Bertz CT molecular complexity index is 964. The Labute approximate surface area is 252 Å². The van der Waals surface area contributed by atoms with E-state index in [1.807, 2.05) is 46.7 Å². The highest BCUT2D eigenvalue weighted by Crippen LogP contribution is 2.35. The van der Waals surface area contributed by atoms with Crippen LogP contribution in [0.1, 0.15) is 88.0 Å². The molecule has 0 bridgehead atoms. The lowest BCUT2D eigenvalue weighted by molar-refractivity contribution is -0.286. The average molecular weight is 598 g/mol. The smallest absolute Gasteiger partial charge is 0.311 e. The molecule has 242 valence electrons. The standard InChI is InChI=1S/C32H55NO9/c1-12-13-25-32(9,38)16-19(4)26(35)17(2)14-18(3)28(21(6)27(36)22(7)30(37)41-25)42-31-29(40-23(8)34)24(33(10)11)15-20(5)39-31/h16-18,20-22,24-25,27-29,31,36,38H,12-15H2,1-11H3/b19-16+/t17-,18+,20-,21+,22-,24?,25-,27+,28+,29?,31?,32+/m1/s1. The number of aliphatic hydroxyl groups excluding tert-OH is 1. The Morgan fingerprint density at radius 2 is 1.74 bits per heavy atom. The van der Waals surface area contributed by atoms with E-state index in [0.717, 1.165) is 0 Å². The van der Waals surface area contributed by atoms with Crippen LogP contribution in [0.2, 0.25) is 0 Å². The molecule has 42 heavy (non-hydrogen) atoms. The van der Waals surface area contributed by atoms with Crippen molar-refractivity contribution < 1.29 is 43.5 Å². The summed E-state index contributed by atoms with van der Waals surface area (Å²) in [6.45, 7) is 15.6. The lowest BCUT2D eigenvalue weighted by Gasteiger charge is -2.45. The Kier molecular flexibility index (Phi) is 13.2. The third kappa shape index (κ3) is 9.08. The van der Waals surface area contributed by atoms with Crippen LogP contribution in [0.25, 0.3) is 0 Å². The Hall–Kier alpha value is -1.85. The van der Waals surface area contributed by atoms with Crippen LogP contribution in [0, 0.1) is 23.7 Å². The lowest BCUT2D eigenvalue weighted by Crippen LogP contribution is -2.57. The molecule has 0 saturated carbocycles. The lowest BCUT2D eigenvalue weighted by atomic mass is 9.79. The van der Waals surface area contributed by atoms with Crippen LogP contribution < -0.4 is 0 Å². The molecule has 1 fully saturated rings. The number of cyclic esters (lactones) is 1. The summed E-state index contributed by atoms with van der Waals surface area (Å²) >= 11 is 0. The number of ketones is 1. The number of Topliss-reactive ketones (excluding diaryl/α,β-unsaturated/α-hetero) is 1. The van der Waals surface area contributed by atoms with Crippen LogP contribution in [0.4, 0.5) is 0 Å². The molecule has 0 aromatic rings. The van der Waals surface area contributed by atoms with Gasteiger partial charge in [0.15, 0.2) is 18.2 Å². The highest BCUT2D eigenvalue weighted by atomic mass is 16.7. The number of hydrogen-bond donors (Lipinski definition) is 2. The Balaban J connectivity index is 2.55. The van der Waals surface area contributed by atoms with Crippen molar-refractivity contribution in [2.24, 2.45) is 23.7 Å². The summed E-state index contributed by atoms with van der Waals surface area (Å²) in [7, 11) is 3.82. The second-order valence-corrected chi connectivity index (χ2v) is 13.1. The first kappa shape index (κ1) is 36.3. The number of likely N-dealkylation sites (N-methyl/N-ethyl adjacent to an activating group) is 1. The number of rotatable bonds is 6. The van der Waals surface area contributed by atoms with Crippen LogP contribution in [-0.4, -0.2) is 95.4 Å². The molecular weight excluding hydrogens is 542 g/mol. The van der Waals surface area contributed by atoms with Gasteiger partial charge in [0.2, 0.25) is 0 Å². The van der Waals surface area contributed by atoms with Crippen LogP contribution >= 0.6 is 0 Å². The van der Waals surface area contributed by atoms with Crippen LogP contribution in [-0.2, 0) is 33.3 Å². The minimum atomic E-state index is -1.56. The molecule has 10 nitrogen and oxygen atoms in total. The van der Waals surface area contributed by atoms with Crippen molar-refractivity contribution in [2.75, 3.05) is 14.1 Å². The second-order valence-electron chi connectivity index (χ2n) is 13.1. The summed E-state index contributed by atoms with van der Waals surface area (Å²) in [5, 5.41) is 22.8. The predicted octanol–water partition coefficient (Wildman–Crippen LogP) is 3.66. The van der Waals surface area contributed by atoms with Gasteiger partial charge >= 0.3 is 11.9 Å². The molecular formula is C32H55NO9. The zero-order valence-corrected chi connectivity index (χ0v) is 27.5.